The summed E-state index contributed by atoms with van der Waals surface area (Å²) in [5.74, 6) is 0.391. The highest BCUT2D eigenvalue weighted by molar-refractivity contribution is 8.00. The lowest BCUT2D eigenvalue weighted by molar-refractivity contribution is -0.119. The molecule has 0 radical (unpaired) electrons. The van der Waals surface area contributed by atoms with Gasteiger partial charge < -0.3 is 10.1 Å². The van der Waals surface area contributed by atoms with Gasteiger partial charge in [0.15, 0.2) is 0 Å². The lowest BCUT2D eigenvalue weighted by Crippen LogP contribution is -2.32. The molecule has 2 aromatic rings. The van der Waals surface area contributed by atoms with E-state index in [0.717, 1.165) is 34.7 Å². The Morgan fingerprint density at radius 2 is 2.48 bits per heavy atom. The molecule has 0 aromatic carbocycles. The van der Waals surface area contributed by atoms with Crippen molar-refractivity contribution in [2.24, 2.45) is 0 Å². The normalized spacial score (nSPS) is 18.2. The van der Waals surface area contributed by atoms with Gasteiger partial charge in [-0.15, -0.1) is 11.3 Å². The summed E-state index contributed by atoms with van der Waals surface area (Å²) >= 11 is 3.10. The Bertz CT molecular complexity index is 638. The number of thioether (sulfide) groups is 1. The van der Waals surface area contributed by atoms with Crippen LogP contribution in [-0.4, -0.2) is 40.9 Å². The highest BCUT2D eigenvalue weighted by Gasteiger charge is 2.16. The summed E-state index contributed by atoms with van der Waals surface area (Å²) < 4.78 is 5.49. The van der Waals surface area contributed by atoms with Crippen LogP contribution in [0.3, 0.4) is 0 Å². The van der Waals surface area contributed by atoms with Gasteiger partial charge in [0.05, 0.1) is 11.9 Å². The van der Waals surface area contributed by atoms with Crippen LogP contribution < -0.4 is 5.32 Å². The number of carbonyl (C=O) groups excluding carboxylic acids is 1. The van der Waals surface area contributed by atoms with Crippen molar-refractivity contribution in [3.05, 3.63) is 17.3 Å². The molecular weight excluding hydrogens is 306 g/mol. The third-order valence-electron chi connectivity index (χ3n) is 3.31. The smallest absolute Gasteiger partial charge is 0.230 e. The van der Waals surface area contributed by atoms with Crippen LogP contribution in [0, 0.1) is 6.92 Å². The Labute approximate surface area is 131 Å². The highest BCUT2D eigenvalue weighted by Crippen LogP contribution is 2.30. The lowest BCUT2D eigenvalue weighted by Gasteiger charge is -2.10. The fourth-order valence-corrected chi connectivity index (χ4v) is 4.00. The first-order valence-corrected chi connectivity index (χ1v) is 8.75. The summed E-state index contributed by atoms with van der Waals surface area (Å²) in [5, 5.41) is 4.83. The number of aryl methyl sites for hydroxylation is 1. The minimum Gasteiger partial charge on any atom is -0.376 e. The van der Waals surface area contributed by atoms with Crippen LogP contribution in [0.4, 0.5) is 0 Å². The third kappa shape index (κ3) is 3.72. The van der Waals surface area contributed by atoms with Crippen molar-refractivity contribution >= 4 is 39.2 Å². The molecule has 112 valence electrons. The van der Waals surface area contributed by atoms with Crippen molar-refractivity contribution in [1.29, 1.82) is 0 Å². The number of aromatic nitrogens is 2. The van der Waals surface area contributed by atoms with Crippen LogP contribution in [0.5, 0.6) is 0 Å². The van der Waals surface area contributed by atoms with Gasteiger partial charge in [-0.25, -0.2) is 9.97 Å². The first-order valence-electron chi connectivity index (χ1n) is 6.94. The van der Waals surface area contributed by atoms with Crippen LogP contribution in [0.1, 0.15) is 17.7 Å². The van der Waals surface area contributed by atoms with Gasteiger partial charge in [-0.1, -0.05) is 11.8 Å². The van der Waals surface area contributed by atoms with Gasteiger partial charge in [0, 0.05) is 23.4 Å². The predicted molar refractivity (Wildman–Crippen MR) is 84.9 cm³/mol. The number of fused-ring (bicyclic) bond motifs is 1. The molecule has 7 heteroatoms. The quantitative estimate of drug-likeness (QED) is 0.676. The van der Waals surface area contributed by atoms with Crippen LogP contribution in [0.2, 0.25) is 0 Å². The first kappa shape index (κ1) is 14.7. The molecular formula is C14H17N3O2S2. The summed E-state index contributed by atoms with van der Waals surface area (Å²) in [6, 6.07) is 2.08. The Morgan fingerprint density at radius 1 is 1.57 bits per heavy atom. The van der Waals surface area contributed by atoms with Crippen LogP contribution >= 0.6 is 23.1 Å². The molecule has 1 atom stereocenters. The largest absolute Gasteiger partial charge is 0.376 e. The highest BCUT2D eigenvalue weighted by atomic mass is 32.2. The zero-order valence-electron chi connectivity index (χ0n) is 11.8. The fourth-order valence-electron chi connectivity index (χ4n) is 2.29. The predicted octanol–water partition coefficient (Wildman–Crippen LogP) is 2.39. The fraction of sp³-hybridized carbons (Fsp3) is 0.500. The number of carbonyl (C=O) groups is 1. The van der Waals surface area contributed by atoms with Gasteiger partial charge in [-0.3, -0.25) is 4.79 Å². The van der Waals surface area contributed by atoms with E-state index in [-0.39, 0.29) is 12.0 Å². The van der Waals surface area contributed by atoms with Gasteiger partial charge in [0.2, 0.25) is 5.91 Å². The van der Waals surface area contributed by atoms with Gasteiger partial charge in [-0.05, 0) is 25.8 Å². The van der Waals surface area contributed by atoms with Crippen molar-refractivity contribution < 1.29 is 9.53 Å². The third-order valence-corrected chi connectivity index (χ3v) is 5.27. The monoisotopic (exact) mass is 323 g/mol. The van der Waals surface area contributed by atoms with Gasteiger partial charge in [0.1, 0.15) is 16.2 Å². The van der Waals surface area contributed by atoms with Gasteiger partial charge in [0.25, 0.3) is 0 Å². The van der Waals surface area contributed by atoms with E-state index < -0.39 is 0 Å². The second-order valence-electron chi connectivity index (χ2n) is 4.98. The Morgan fingerprint density at radius 3 is 3.29 bits per heavy atom. The average Bonchev–Trinajstić information content (AvgIpc) is 3.10. The summed E-state index contributed by atoms with van der Waals surface area (Å²) in [4.78, 5) is 22.6. The number of hydrogen-bond donors (Lipinski definition) is 1. The molecule has 0 spiro atoms. The van der Waals surface area contributed by atoms with Crippen molar-refractivity contribution in [1.82, 2.24) is 15.3 Å². The van der Waals surface area contributed by atoms with Crippen molar-refractivity contribution in [3.8, 4) is 0 Å². The molecule has 2 aromatic heterocycles. The summed E-state index contributed by atoms with van der Waals surface area (Å²) in [6.07, 6.45) is 3.87. The first-order chi connectivity index (χ1) is 10.2. The number of rotatable bonds is 5. The molecule has 0 aliphatic carbocycles. The van der Waals surface area contributed by atoms with E-state index in [4.69, 9.17) is 4.74 Å². The molecule has 3 rings (SSSR count). The van der Waals surface area contributed by atoms with Gasteiger partial charge in [-0.2, -0.15) is 0 Å². The SMILES string of the molecule is Cc1cc2c(SCC(=O)NC[C@H]3CCCO3)ncnc2s1. The second kappa shape index (κ2) is 6.72. The zero-order chi connectivity index (χ0) is 14.7. The van der Waals surface area contributed by atoms with E-state index in [0.29, 0.717) is 12.3 Å². The topological polar surface area (TPSA) is 64.1 Å². The molecule has 21 heavy (non-hydrogen) atoms. The maximum atomic E-state index is 11.9. The number of hydrogen-bond acceptors (Lipinski definition) is 6. The van der Waals surface area contributed by atoms with E-state index in [1.807, 2.05) is 0 Å². The van der Waals surface area contributed by atoms with E-state index >= 15 is 0 Å². The Kier molecular flexibility index (Phi) is 4.72. The molecule has 1 aliphatic rings. The molecule has 1 amide bonds. The number of amides is 1. The summed E-state index contributed by atoms with van der Waals surface area (Å²) in [5.41, 5.74) is 0. The van der Waals surface area contributed by atoms with E-state index in [1.54, 1.807) is 17.7 Å². The number of thiophene rings is 1. The average molecular weight is 323 g/mol. The molecule has 1 N–H and O–H groups in total. The molecule has 3 heterocycles. The number of nitrogens with one attached hydrogen (secondary N) is 1. The summed E-state index contributed by atoms with van der Waals surface area (Å²) in [6.45, 7) is 3.47. The minimum absolute atomic E-state index is 0.0224. The van der Waals surface area contributed by atoms with Crippen LogP contribution in [0.15, 0.2) is 17.4 Å². The van der Waals surface area contributed by atoms with E-state index in [2.05, 4.69) is 28.3 Å². The Balaban J connectivity index is 1.54. The lowest BCUT2D eigenvalue weighted by atomic mass is 10.2. The van der Waals surface area contributed by atoms with Crippen LogP contribution in [-0.2, 0) is 9.53 Å². The summed E-state index contributed by atoms with van der Waals surface area (Å²) in [7, 11) is 0. The molecule has 1 saturated heterocycles. The minimum atomic E-state index is 0.0224. The molecule has 0 saturated carbocycles. The van der Waals surface area contributed by atoms with Crippen molar-refractivity contribution in [2.45, 2.75) is 30.9 Å². The zero-order valence-corrected chi connectivity index (χ0v) is 13.4. The molecule has 1 aliphatic heterocycles. The van der Waals surface area contributed by atoms with Gasteiger partial charge >= 0.3 is 0 Å². The Hall–Kier alpha value is -1.18. The second-order valence-corrected chi connectivity index (χ2v) is 7.18. The van der Waals surface area contributed by atoms with Crippen LogP contribution in [0.25, 0.3) is 10.2 Å². The number of nitrogens with zero attached hydrogens (tertiary/aromatic N) is 2. The maximum Gasteiger partial charge on any atom is 0.230 e. The molecule has 0 unspecified atom stereocenters. The van der Waals surface area contributed by atoms with Crippen molar-refractivity contribution in [3.63, 3.8) is 0 Å². The number of ether oxygens (including phenoxy) is 1. The molecule has 0 bridgehead atoms. The maximum absolute atomic E-state index is 11.9. The standard InChI is InChI=1S/C14H17N3O2S2/c1-9-5-11-13(16-8-17-14(11)21-9)20-7-12(18)15-6-10-3-2-4-19-10/h5,8,10H,2-4,6-7H2,1H3,(H,15,18)/t10-/m1/s1. The van der Waals surface area contributed by atoms with E-state index in [1.165, 1.54) is 16.6 Å². The van der Waals surface area contributed by atoms with E-state index in [9.17, 15) is 4.79 Å². The molecule has 5 nitrogen and oxygen atoms in total. The molecule has 1 fully saturated rings. The van der Waals surface area contributed by atoms with Crippen molar-refractivity contribution in [2.75, 3.05) is 18.9 Å².